The Labute approximate surface area is 151 Å². The van der Waals surface area contributed by atoms with Gasteiger partial charge in [0.15, 0.2) is 5.78 Å². The van der Waals surface area contributed by atoms with Gasteiger partial charge in [-0.2, -0.15) is 0 Å². The second-order valence-corrected chi connectivity index (χ2v) is 6.15. The Hall–Kier alpha value is -2.99. The van der Waals surface area contributed by atoms with Crippen molar-refractivity contribution in [3.63, 3.8) is 0 Å². The van der Waals surface area contributed by atoms with Gasteiger partial charge in [0.05, 0.1) is 9.40 Å². The highest BCUT2D eigenvalue weighted by molar-refractivity contribution is 9.10. The molecule has 6 heteroatoms. The Bertz CT molecular complexity index is 961. The van der Waals surface area contributed by atoms with Crippen LogP contribution >= 0.6 is 15.9 Å². The van der Waals surface area contributed by atoms with E-state index < -0.39 is 4.92 Å². The lowest BCUT2D eigenvalue weighted by Crippen LogP contribution is -2.05. The molecule has 0 aliphatic carbocycles. The monoisotopic (exact) mass is 397 g/mol. The van der Waals surface area contributed by atoms with Crippen molar-refractivity contribution in [1.29, 1.82) is 0 Å². The van der Waals surface area contributed by atoms with E-state index >= 15 is 0 Å². The van der Waals surface area contributed by atoms with E-state index in [0.717, 1.165) is 4.47 Å². The molecule has 0 saturated heterocycles. The van der Waals surface area contributed by atoms with Gasteiger partial charge in [0.1, 0.15) is 17.6 Å². The minimum Gasteiger partial charge on any atom is -0.464 e. The van der Waals surface area contributed by atoms with Crippen LogP contribution in [0.3, 0.4) is 0 Å². The van der Waals surface area contributed by atoms with Gasteiger partial charge in [-0.05, 0) is 45.8 Å². The SMILES string of the molecule is O=C(c1ccccc1)c1cc(/C=C/c2cc(Br)co2)ccc1[N+](=O)[O-]. The standard InChI is InChI=1S/C19H12BrNO4/c20-15-11-16(25-12-15)8-6-13-7-9-18(21(23)24)17(10-13)19(22)14-4-2-1-3-5-14/h1-12H/b8-6+. The van der Waals surface area contributed by atoms with Crippen molar-refractivity contribution in [3.05, 3.63) is 97.9 Å². The second kappa shape index (κ2) is 7.27. The fourth-order valence-corrected chi connectivity index (χ4v) is 2.66. The molecule has 1 aromatic heterocycles. The first-order valence-electron chi connectivity index (χ1n) is 7.35. The van der Waals surface area contributed by atoms with Gasteiger partial charge in [0.2, 0.25) is 0 Å². The molecule has 0 bridgehead atoms. The maximum atomic E-state index is 12.6. The molecule has 0 fully saturated rings. The average Bonchev–Trinajstić information content (AvgIpc) is 3.05. The van der Waals surface area contributed by atoms with Crippen molar-refractivity contribution >= 4 is 39.6 Å². The number of ketones is 1. The average molecular weight is 398 g/mol. The summed E-state index contributed by atoms with van der Waals surface area (Å²) in [7, 11) is 0. The van der Waals surface area contributed by atoms with Crippen LogP contribution in [0.4, 0.5) is 5.69 Å². The third kappa shape index (κ3) is 3.92. The largest absolute Gasteiger partial charge is 0.464 e. The minimum absolute atomic E-state index is 0.0546. The van der Waals surface area contributed by atoms with Gasteiger partial charge in [-0.15, -0.1) is 0 Å². The van der Waals surface area contributed by atoms with Crippen LogP contribution in [0.15, 0.2) is 69.8 Å². The molecule has 3 rings (SSSR count). The quantitative estimate of drug-likeness (QED) is 0.330. The Morgan fingerprint density at radius 1 is 1.08 bits per heavy atom. The van der Waals surface area contributed by atoms with E-state index in [4.69, 9.17) is 4.42 Å². The summed E-state index contributed by atoms with van der Waals surface area (Å²) >= 11 is 3.29. The van der Waals surface area contributed by atoms with Crippen molar-refractivity contribution in [2.24, 2.45) is 0 Å². The van der Waals surface area contributed by atoms with Gasteiger partial charge in [-0.1, -0.05) is 36.4 Å². The summed E-state index contributed by atoms with van der Waals surface area (Å²) in [5.41, 5.74) is 0.907. The van der Waals surface area contributed by atoms with Crippen LogP contribution in [0.25, 0.3) is 12.2 Å². The van der Waals surface area contributed by atoms with Crippen molar-refractivity contribution in [1.82, 2.24) is 0 Å². The summed E-state index contributed by atoms with van der Waals surface area (Å²) < 4.78 is 6.10. The van der Waals surface area contributed by atoms with Crippen LogP contribution in [-0.2, 0) is 0 Å². The number of nitro benzene ring substituents is 1. The number of rotatable bonds is 5. The van der Waals surface area contributed by atoms with Gasteiger partial charge in [-0.3, -0.25) is 14.9 Å². The summed E-state index contributed by atoms with van der Waals surface area (Å²) in [5, 5.41) is 11.3. The lowest BCUT2D eigenvalue weighted by Gasteiger charge is -2.04. The molecular weight excluding hydrogens is 386 g/mol. The lowest BCUT2D eigenvalue weighted by atomic mass is 9.99. The fraction of sp³-hybridized carbons (Fsp3) is 0. The maximum absolute atomic E-state index is 12.6. The van der Waals surface area contributed by atoms with Gasteiger partial charge >= 0.3 is 0 Å². The molecule has 0 aliphatic heterocycles. The molecule has 0 aliphatic rings. The van der Waals surface area contributed by atoms with Crippen LogP contribution in [0.5, 0.6) is 0 Å². The van der Waals surface area contributed by atoms with Crippen LogP contribution in [0, 0.1) is 10.1 Å². The third-order valence-electron chi connectivity index (χ3n) is 3.53. The molecule has 0 spiro atoms. The molecule has 5 nitrogen and oxygen atoms in total. The number of carbonyl (C=O) groups excluding carboxylic acids is 1. The van der Waals surface area contributed by atoms with Crippen LogP contribution < -0.4 is 0 Å². The summed E-state index contributed by atoms with van der Waals surface area (Å²) in [5.74, 6) is 0.240. The van der Waals surface area contributed by atoms with E-state index in [1.54, 1.807) is 60.9 Å². The molecule has 1 heterocycles. The molecule has 0 atom stereocenters. The zero-order valence-corrected chi connectivity index (χ0v) is 14.5. The molecule has 2 aromatic carbocycles. The molecule has 0 amide bonds. The molecular formula is C19H12BrNO4. The van der Waals surface area contributed by atoms with Crippen molar-refractivity contribution in [3.8, 4) is 0 Å². The van der Waals surface area contributed by atoms with E-state index in [1.807, 2.05) is 0 Å². The Kier molecular flexibility index (Phi) is 4.90. The second-order valence-electron chi connectivity index (χ2n) is 5.23. The number of hydrogen-bond acceptors (Lipinski definition) is 4. The number of nitrogens with zero attached hydrogens (tertiary/aromatic N) is 1. The van der Waals surface area contributed by atoms with Crippen molar-refractivity contribution in [2.45, 2.75) is 0 Å². The van der Waals surface area contributed by atoms with E-state index in [0.29, 0.717) is 16.9 Å². The van der Waals surface area contributed by atoms with Crippen LogP contribution in [0.2, 0.25) is 0 Å². The van der Waals surface area contributed by atoms with Crippen LogP contribution in [-0.4, -0.2) is 10.7 Å². The summed E-state index contributed by atoms with van der Waals surface area (Å²) in [4.78, 5) is 23.4. The predicted octanol–water partition coefficient (Wildman–Crippen LogP) is 5.35. The Balaban J connectivity index is 1.99. The molecule has 0 saturated carbocycles. The molecule has 0 unspecified atom stereocenters. The number of halogens is 1. The number of benzene rings is 2. The normalized spacial score (nSPS) is 10.9. The number of nitro groups is 1. The molecule has 124 valence electrons. The lowest BCUT2D eigenvalue weighted by molar-refractivity contribution is -0.385. The molecule has 0 radical (unpaired) electrons. The highest BCUT2D eigenvalue weighted by Crippen LogP contribution is 2.24. The van der Waals surface area contributed by atoms with Gasteiger partial charge in [0, 0.05) is 11.6 Å². The Morgan fingerprint density at radius 2 is 1.84 bits per heavy atom. The fourth-order valence-electron chi connectivity index (χ4n) is 2.34. The number of carbonyl (C=O) groups is 1. The molecule has 25 heavy (non-hydrogen) atoms. The van der Waals surface area contributed by atoms with Crippen molar-refractivity contribution < 1.29 is 14.1 Å². The van der Waals surface area contributed by atoms with Gasteiger partial charge in [-0.25, -0.2) is 0 Å². The predicted molar refractivity (Wildman–Crippen MR) is 98.3 cm³/mol. The highest BCUT2D eigenvalue weighted by Gasteiger charge is 2.21. The van der Waals surface area contributed by atoms with E-state index in [2.05, 4.69) is 15.9 Å². The van der Waals surface area contributed by atoms with E-state index in [1.165, 1.54) is 12.1 Å². The number of furan rings is 1. The maximum Gasteiger partial charge on any atom is 0.280 e. The van der Waals surface area contributed by atoms with Crippen molar-refractivity contribution in [2.75, 3.05) is 0 Å². The van der Waals surface area contributed by atoms with E-state index in [-0.39, 0.29) is 17.0 Å². The first kappa shape index (κ1) is 16.9. The van der Waals surface area contributed by atoms with Gasteiger partial charge < -0.3 is 4.42 Å². The first-order chi connectivity index (χ1) is 12.0. The zero-order chi connectivity index (χ0) is 17.8. The highest BCUT2D eigenvalue weighted by atomic mass is 79.9. The van der Waals surface area contributed by atoms with Gasteiger partial charge in [0.25, 0.3) is 5.69 Å². The van der Waals surface area contributed by atoms with Crippen LogP contribution in [0.1, 0.15) is 27.2 Å². The summed E-state index contributed by atoms with van der Waals surface area (Å²) in [6.07, 6.45) is 5.01. The summed E-state index contributed by atoms with van der Waals surface area (Å²) in [6, 6.07) is 14.7. The first-order valence-corrected chi connectivity index (χ1v) is 8.14. The smallest absolute Gasteiger partial charge is 0.280 e. The molecule has 3 aromatic rings. The van der Waals surface area contributed by atoms with E-state index in [9.17, 15) is 14.9 Å². The Morgan fingerprint density at radius 3 is 2.48 bits per heavy atom. The number of hydrogen-bond donors (Lipinski definition) is 0. The minimum atomic E-state index is -0.548. The zero-order valence-electron chi connectivity index (χ0n) is 12.9. The third-order valence-corrected chi connectivity index (χ3v) is 3.94. The molecule has 0 N–H and O–H groups in total. The summed E-state index contributed by atoms with van der Waals surface area (Å²) in [6.45, 7) is 0. The topological polar surface area (TPSA) is 73.3 Å².